The maximum absolute atomic E-state index is 11.6. The highest BCUT2D eigenvalue weighted by atomic mass is 16.2. The Labute approximate surface area is 86.6 Å². The molecule has 0 bridgehead atoms. The molecule has 0 aliphatic carbocycles. The van der Waals surface area contributed by atoms with Crippen molar-refractivity contribution in [3.63, 3.8) is 0 Å². The maximum atomic E-state index is 11.6. The average Bonchev–Trinajstić information content (AvgIpc) is 2.26. The molecule has 1 saturated heterocycles. The van der Waals surface area contributed by atoms with E-state index in [9.17, 15) is 4.79 Å². The number of carbonyl (C=O) groups is 1. The molecule has 0 atom stereocenters. The first-order valence-corrected chi connectivity index (χ1v) is 5.75. The zero-order valence-electron chi connectivity index (χ0n) is 9.17. The Kier molecular flexibility index (Phi) is 4.94. The van der Waals surface area contributed by atoms with Gasteiger partial charge in [0.25, 0.3) is 0 Å². The van der Waals surface area contributed by atoms with Gasteiger partial charge in [-0.1, -0.05) is 13.3 Å². The van der Waals surface area contributed by atoms with E-state index in [0.29, 0.717) is 11.8 Å². The normalized spacial score (nSPS) is 18.6. The summed E-state index contributed by atoms with van der Waals surface area (Å²) in [6, 6.07) is 0. The quantitative estimate of drug-likeness (QED) is 0.741. The van der Waals surface area contributed by atoms with Crippen LogP contribution in [0.2, 0.25) is 0 Å². The first kappa shape index (κ1) is 11.5. The second kappa shape index (κ2) is 6.02. The minimum Gasteiger partial charge on any atom is -0.343 e. The molecular weight excluding hydrogens is 176 g/mol. The Morgan fingerprint density at radius 2 is 2.07 bits per heavy atom. The number of likely N-dealkylation sites (tertiary alicyclic amines) is 1. The van der Waals surface area contributed by atoms with Crippen molar-refractivity contribution in [2.75, 3.05) is 19.6 Å². The van der Waals surface area contributed by atoms with E-state index in [1.54, 1.807) is 0 Å². The third kappa shape index (κ3) is 3.29. The molecule has 14 heavy (non-hydrogen) atoms. The van der Waals surface area contributed by atoms with Gasteiger partial charge in [0.15, 0.2) is 0 Å². The number of unbranched alkanes of at least 4 members (excludes halogenated alkanes) is 1. The van der Waals surface area contributed by atoms with E-state index in [1.165, 1.54) is 0 Å². The summed E-state index contributed by atoms with van der Waals surface area (Å²) in [6.07, 6.45) is 5.03. The minimum atomic E-state index is 0.335. The van der Waals surface area contributed by atoms with Crippen LogP contribution in [0.3, 0.4) is 0 Å². The van der Waals surface area contributed by atoms with Crippen LogP contribution in [0.15, 0.2) is 0 Å². The summed E-state index contributed by atoms with van der Waals surface area (Å²) in [5.74, 6) is 0.979. The van der Waals surface area contributed by atoms with E-state index in [0.717, 1.165) is 51.7 Å². The van der Waals surface area contributed by atoms with Crippen molar-refractivity contribution in [3.8, 4) is 0 Å². The summed E-state index contributed by atoms with van der Waals surface area (Å²) in [7, 11) is 0. The van der Waals surface area contributed by atoms with Crippen molar-refractivity contribution >= 4 is 5.91 Å². The van der Waals surface area contributed by atoms with Crippen molar-refractivity contribution in [3.05, 3.63) is 0 Å². The zero-order chi connectivity index (χ0) is 10.4. The number of hydrogen-bond acceptors (Lipinski definition) is 2. The van der Waals surface area contributed by atoms with E-state index in [4.69, 9.17) is 5.73 Å². The van der Waals surface area contributed by atoms with Gasteiger partial charge in [-0.25, -0.2) is 0 Å². The maximum Gasteiger partial charge on any atom is 0.222 e. The van der Waals surface area contributed by atoms with Crippen LogP contribution < -0.4 is 5.73 Å². The predicted molar refractivity (Wildman–Crippen MR) is 57.9 cm³/mol. The molecule has 1 amide bonds. The monoisotopic (exact) mass is 198 g/mol. The molecule has 82 valence electrons. The molecule has 3 heteroatoms. The summed E-state index contributed by atoms with van der Waals surface area (Å²) in [4.78, 5) is 13.6. The SMILES string of the molecule is CCCCC(=O)N1CCC(CN)CC1. The molecule has 0 aromatic heterocycles. The Morgan fingerprint density at radius 1 is 1.43 bits per heavy atom. The molecule has 0 saturated carbocycles. The Hall–Kier alpha value is -0.570. The highest BCUT2D eigenvalue weighted by Crippen LogP contribution is 2.16. The highest BCUT2D eigenvalue weighted by Gasteiger charge is 2.20. The number of nitrogens with zero attached hydrogens (tertiary/aromatic N) is 1. The number of nitrogens with two attached hydrogens (primary N) is 1. The van der Waals surface area contributed by atoms with Crippen LogP contribution in [0.5, 0.6) is 0 Å². The van der Waals surface area contributed by atoms with Crippen LogP contribution in [0.1, 0.15) is 39.0 Å². The van der Waals surface area contributed by atoms with Gasteiger partial charge in [0, 0.05) is 19.5 Å². The van der Waals surface area contributed by atoms with E-state index < -0.39 is 0 Å². The number of rotatable bonds is 4. The van der Waals surface area contributed by atoms with Crippen molar-refractivity contribution in [2.45, 2.75) is 39.0 Å². The fraction of sp³-hybridized carbons (Fsp3) is 0.909. The molecule has 0 unspecified atom stereocenters. The molecular formula is C11H22N2O. The van der Waals surface area contributed by atoms with Gasteiger partial charge in [-0.2, -0.15) is 0 Å². The van der Waals surface area contributed by atoms with Crippen molar-refractivity contribution in [1.82, 2.24) is 4.90 Å². The Bertz CT molecular complexity index is 174. The summed E-state index contributed by atoms with van der Waals surface area (Å²) < 4.78 is 0. The fourth-order valence-electron chi connectivity index (χ4n) is 1.90. The highest BCUT2D eigenvalue weighted by molar-refractivity contribution is 5.76. The van der Waals surface area contributed by atoms with Crippen LogP contribution in [0.4, 0.5) is 0 Å². The lowest BCUT2D eigenvalue weighted by atomic mass is 9.97. The second-order valence-electron chi connectivity index (χ2n) is 4.16. The van der Waals surface area contributed by atoms with Gasteiger partial charge >= 0.3 is 0 Å². The fourth-order valence-corrected chi connectivity index (χ4v) is 1.90. The molecule has 1 heterocycles. The Morgan fingerprint density at radius 3 is 2.57 bits per heavy atom. The van der Waals surface area contributed by atoms with Crippen LogP contribution in [0.25, 0.3) is 0 Å². The van der Waals surface area contributed by atoms with Crippen molar-refractivity contribution < 1.29 is 4.79 Å². The van der Waals surface area contributed by atoms with E-state index in [1.807, 2.05) is 4.90 Å². The van der Waals surface area contributed by atoms with Gasteiger partial charge in [0.05, 0.1) is 0 Å². The van der Waals surface area contributed by atoms with E-state index >= 15 is 0 Å². The van der Waals surface area contributed by atoms with E-state index in [-0.39, 0.29) is 0 Å². The van der Waals surface area contributed by atoms with Crippen LogP contribution >= 0.6 is 0 Å². The van der Waals surface area contributed by atoms with Crippen LogP contribution in [0, 0.1) is 5.92 Å². The standard InChI is InChI=1S/C11H22N2O/c1-2-3-4-11(14)13-7-5-10(9-12)6-8-13/h10H,2-9,12H2,1H3. The largest absolute Gasteiger partial charge is 0.343 e. The molecule has 1 fully saturated rings. The molecule has 0 aromatic rings. The molecule has 3 nitrogen and oxygen atoms in total. The molecule has 0 radical (unpaired) electrons. The molecule has 1 rings (SSSR count). The number of piperidine rings is 1. The lowest BCUT2D eigenvalue weighted by Crippen LogP contribution is -2.39. The summed E-state index contributed by atoms with van der Waals surface area (Å²) in [6.45, 7) is 4.74. The number of amides is 1. The molecule has 1 aliphatic rings. The van der Waals surface area contributed by atoms with Crippen molar-refractivity contribution in [2.24, 2.45) is 11.7 Å². The Balaban J connectivity index is 2.23. The van der Waals surface area contributed by atoms with Crippen molar-refractivity contribution in [1.29, 1.82) is 0 Å². The summed E-state index contributed by atoms with van der Waals surface area (Å²) in [5, 5.41) is 0. The van der Waals surface area contributed by atoms with Gasteiger partial charge in [0.2, 0.25) is 5.91 Å². The third-order valence-electron chi connectivity index (χ3n) is 3.04. The summed E-state index contributed by atoms with van der Waals surface area (Å²) >= 11 is 0. The van der Waals surface area contributed by atoms with Gasteiger partial charge in [-0.15, -0.1) is 0 Å². The zero-order valence-corrected chi connectivity index (χ0v) is 9.17. The molecule has 1 aliphatic heterocycles. The third-order valence-corrected chi connectivity index (χ3v) is 3.04. The lowest BCUT2D eigenvalue weighted by Gasteiger charge is -2.31. The van der Waals surface area contributed by atoms with Gasteiger partial charge in [-0.05, 0) is 31.7 Å². The summed E-state index contributed by atoms with van der Waals surface area (Å²) in [5.41, 5.74) is 5.60. The number of carbonyl (C=O) groups excluding carboxylic acids is 1. The lowest BCUT2D eigenvalue weighted by molar-refractivity contribution is -0.132. The predicted octanol–water partition coefficient (Wildman–Crippen LogP) is 1.37. The molecule has 2 N–H and O–H groups in total. The van der Waals surface area contributed by atoms with Gasteiger partial charge in [0.1, 0.15) is 0 Å². The molecule has 0 spiro atoms. The second-order valence-corrected chi connectivity index (χ2v) is 4.16. The smallest absolute Gasteiger partial charge is 0.222 e. The average molecular weight is 198 g/mol. The van der Waals surface area contributed by atoms with Crippen LogP contribution in [-0.4, -0.2) is 30.4 Å². The topological polar surface area (TPSA) is 46.3 Å². The molecule has 0 aromatic carbocycles. The number of hydrogen-bond donors (Lipinski definition) is 1. The van der Waals surface area contributed by atoms with Gasteiger partial charge < -0.3 is 10.6 Å². The first-order chi connectivity index (χ1) is 6.77. The minimum absolute atomic E-state index is 0.335. The first-order valence-electron chi connectivity index (χ1n) is 5.75. The van der Waals surface area contributed by atoms with Gasteiger partial charge in [-0.3, -0.25) is 4.79 Å². The van der Waals surface area contributed by atoms with Crippen LogP contribution in [-0.2, 0) is 4.79 Å². The van der Waals surface area contributed by atoms with E-state index in [2.05, 4.69) is 6.92 Å².